The predicted octanol–water partition coefficient (Wildman–Crippen LogP) is 1.56. The number of sulfone groups is 1. The van der Waals surface area contributed by atoms with E-state index in [4.69, 9.17) is 4.74 Å². The van der Waals surface area contributed by atoms with Crippen LogP contribution in [0.1, 0.15) is 24.8 Å². The number of hydrogen-bond donors (Lipinski definition) is 1. The molecule has 0 unspecified atom stereocenters. The second-order valence-corrected chi connectivity index (χ2v) is 8.74. The van der Waals surface area contributed by atoms with E-state index in [9.17, 15) is 13.2 Å². The van der Waals surface area contributed by atoms with Crippen LogP contribution in [0.3, 0.4) is 0 Å². The summed E-state index contributed by atoms with van der Waals surface area (Å²) in [6, 6.07) is 9.36. The Morgan fingerprint density at radius 1 is 1.17 bits per heavy atom. The second kappa shape index (κ2) is 7.53. The number of carbonyl (C=O) groups excluding carboxylic acids is 1. The number of nitrogens with zero attached hydrogens (tertiary/aromatic N) is 1. The minimum atomic E-state index is -3.04. The molecule has 0 radical (unpaired) electrons. The minimum absolute atomic E-state index is 0.0566. The van der Waals surface area contributed by atoms with E-state index >= 15 is 0 Å². The Bertz CT molecular complexity index is 656. The van der Waals surface area contributed by atoms with Crippen molar-refractivity contribution in [1.82, 2.24) is 10.2 Å². The number of benzene rings is 1. The summed E-state index contributed by atoms with van der Waals surface area (Å²) in [5.74, 6) is 0.217. The van der Waals surface area contributed by atoms with Crippen molar-refractivity contribution in [3.8, 4) is 0 Å². The van der Waals surface area contributed by atoms with Crippen LogP contribution in [-0.4, -0.2) is 56.2 Å². The summed E-state index contributed by atoms with van der Waals surface area (Å²) < 4.78 is 29.0. The number of urea groups is 1. The molecule has 2 saturated heterocycles. The van der Waals surface area contributed by atoms with Gasteiger partial charge in [0.1, 0.15) is 0 Å². The normalized spacial score (nSPS) is 23.8. The lowest BCUT2D eigenvalue weighted by Crippen LogP contribution is -2.50. The maximum atomic E-state index is 12.8. The summed E-state index contributed by atoms with van der Waals surface area (Å²) in [6.07, 6.45) is 2.11. The van der Waals surface area contributed by atoms with Crippen molar-refractivity contribution in [3.63, 3.8) is 0 Å². The quantitative estimate of drug-likeness (QED) is 0.892. The summed E-state index contributed by atoms with van der Waals surface area (Å²) in [5.41, 5.74) is 1.00. The van der Waals surface area contributed by atoms with E-state index in [1.54, 1.807) is 4.90 Å². The molecule has 0 spiro atoms. The van der Waals surface area contributed by atoms with Crippen molar-refractivity contribution in [2.75, 3.05) is 24.7 Å². The molecule has 1 N–H and O–H groups in total. The lowest BCUT2D eigenvalue weighted by Gasteiger charge is -2.32. The van der Waals surface area contributed by atoms with Crippen molar-refractivity contribution < 1.29 is 17.9 Å². The molecule has 0 aromatic heterocycles. The van der Waals surface area contributed by atoms with Crippen LogP contribution >= 0.6 is 0 Å². The fourth-order valence-corrected chi connectivity index (χ4v) is 5.00. The van der Waals surface area contributed by atoms with Crippen molar-refractivity contribution in [1.29, 1.82) is 0 Å². The molecule has 3 rings (SSSR count). The lowest BCUT2D eigenvalue weighted by molar-refractivity contribution is 0.0770. The molecule has 6 nitrogen and oxygen atoms in total. The first-order chi connectivity index (χ1) is 11.5. The molecule has 2 amide bonds. The molecule has 1 aromatic carbocycles. The van der Waals surface area contributed by atoms with Crippen molar-refractivity contribution in [2.24, 2.45) is 0 Å². The van der Waals surface area contributed by atoms with Gasteiger partial charge in [0.25, 0.3) is 0 Å². The zero-order valence-electron chi connectivity index (χ0n) is 13.7. The summed E-state index contributed by atoms with van der Waals surface area (Å²) in [6.45, 7) is 1.74. The predicted molar refractivity (Wildman–Crippen MR) is 91.4 cm³/mol. The molecule has 2 aliphatic heterocycles. The number of amides is 2. The van der Waals surface area contributed by atoms with Crippen LogP contribution in [0.25, 0.3) is 0 Å². The fraction of sp³-hybridized carbons (Fsp3) is 0.588. The van der Waals surface area contributed by atoms with Crippen LogP contribution in [0.4, 0.5) is 4.79 Å². The highest BCUT2D eigenvalue weighted by molar-refractivity contribution is 7.91. The van der Waals surface area contributed by atoms with Gasteiger partial charge in [-0.2, -0.15) is 0 Å². The molecular weight excluding hydrogens is 328 g/mol. The minimum Gasteiger partial charge on any atom is -0.381 e. The number of rotatable bonds is 4. The zero-order valence-corrected chi connectivity index (χ0v) is 14.5. The summed E-state index contributed by atoms with van der Waals surface area (Å²) in [4.78, 5) is 14.5. The van der Waals surface area contributed by atoms with E-state index in [-0.39, 0.29) is 29.6 Å². The van der Waals surface area contributed by atoms with E-state index in [0.29, 0.717) is 26.2 Å². The van der Waals surface area contributed by atoms with Crippen LogP contribution in [-0.2, 0) is 21.1 Å². The highest BCUT2D eigenvalue weighted by Gasteiger charge is 2.35. The SMILES string of the molecule is O=C(NC1CCOCC1)N(Cc1ccccc1)[C@H]1CCS(=O)(=O)C1. The average Bonchev–Trinajstić information content (AvgIpc) is 2.94. The fourth-order valence-electron chi connectivity index (χ4n) is 3.27. The molecule has 1 aromatic rings. The van der Waals surface area contributed by atoms with Crippen LogP contribution in [0, 0.1) is 0 Å². The van der Waals surface area contributed by atoms with Gasteiger partial charge in [-0.3, -0.25) is 0 Å². The van der Waals surface area contributed by atoms with Crippen LogP contribution in [0.2, 0.25) is 0 Å². The average molecular weight is 352 g/mol. The molecule has 0 saturated carbocycles. The second-order valence-electron chi connectivity index (χ2n) is 6.51. The van der Waals surface area contributed by atoms with E-state index in [1.807, 2.05) is 30.3 Å². The number of ether oxygens (including phenoxy) is 1. The Kier molecular flexibility index (Phi) is 5.40. The van der Waals surface area contributed by atoms with Crippen LogP contribution in [0.15, 0.2) is 30.3 Å². The molecule has 132 valence electrons. The topological polar surface area (TPSA) is 75.7 Å². The van der Waals surface area contributed by atoms with Gasteiger partial charge < -0.3 is 15.0 Å². The van der Waals surface area contributed by atoms with Gasteiger partial charge in [0, 0.05) is 31.8 Å². The Hall–Kier alpha value is -1.60. The number of hydrogen-bond acceptors (Lipinski definition) is 4. The Balaban J connectivity index is 1.72. The van der Waals surface area contributed by atoms with E-state index < -0.39 is 9.84 Å². The van der Waals surface area contributed by atoms with E-state index in [2.05, 4.69) is 5.32 Å². The Morgan fingerprint density at radius 2 is 1.88 bits per heavy atom. The van der Waals surface area contributed by atoms with Gasteiger partial charge in [0.05, 0.1) is 11.5 Å². The smallest absolute Gasteiger partial charge is 0.318 e. The maximum absolute atomic E-state index is 12.8. The Labute approximate surface area is 143 Å². The highest BCUT2D eigenvalue weighted by atomic mass is 32.2. The van der Waals surface area contributed by atoms with Gasteiger partial charge >= 0.3 is 6.03 Å². The van der Waals surface area contributed by atoms with Crippen molar-refractivity contribution in [3.05, 3.63) is 35.9 Å². The molecule has 24 heavy (non-hydrogen) atoms. The Morgan fingerprint density at radius 3 is 2.50 bits per heavy atom. The van der Waals surface area contributed by atoms with Gasteiger partial charge in [-0.15, -0.1) is 0 Å². The standard InChI is InChI=1S/C17H24N2O4S/c20-17(18-15-6-9-23-10-7-15)19(12-14-4-2-1-3-5-14)16-8-11-24(21,22)13-16/h1-5,15-16H,6-13H2,(H,18,20)/t16-/m0/s1. The summed E-state index contributed by atoms with van der Waals surface area (Å²) >= 11 is 0. The lowest BCUT2D eigenvalue weighted by atomic mass is 10.1. The summed E-state index contributed by atoms with van der Waals surface area (Å²) in [7, 11) is -3.04. The van der Waals surface area contributed by atoms with Crippen molar-refractivity contribution >= 4 is 15.9 Å². The number of nitrogens with one attached hydrogen (secondary N) is 1. The third-order valence-corrected chi connectivity index (χ3v) is 6.41. The molecule has 7 heteroatoms. The molecule has 2 fully saturated rings. The first-order valence-electron chi connectivity index (χ1n) is 8.43. The molecule has 0 bridgehead atoms. The van der Waals surface area contributed by atoms with Crippen molar-refractivity contribution in [2.45, 2.75) is 37.9 Å². The molecule has 2 aliphatic rings. The molecule has 2 heterocycles. The van der Waals surface area contributed by atoms with Gasteiger partial charge in [-0.1, -0.05) is 30.3 Å². The van der Waals surface area contributed by atoms with Gasteiger partial charge in [-0.25, -0.2) is 13.2 Å². The highest BCUT2D eigenvalue weighted by Crippen LogP contribution is 2.21. The van der Waals surface area contributed by atoms with Gasteiger partial charge in [0.2, 0.25) is 0 Å². The summed E-state index contributed by atoms with van der Waals surface area (Å²) in [5, 5.41) is 3.06. The number of carbonyl (C=O) groups is 1. The molecule has 0 aliphatic carbocycles. The monoisotopic (exact) mass is 352 g/mol. The maximum Gasteiger partial charge on any atom is 0.318 e. The zero-order chi connectivity index (χ0) is 17.0. The first kappa shape index (κ1) is 17.2. The third-order valence-electron chi connectivity index (χ3n) is 4.65. The van der Waals surface area contributed by atoms with Gasteiger partial charge in [0.15, 0.2) is 9.84 Å². The third kappa shape index (κ3) is 4.48. The largest absolute Gasteiger partial charge is 0.381 e. The van der Waals surface area contributed by atoms with Gasteiger partial charge in [-0.05, 0) is 24.8 Å². The first-order valence-corrected chi connectivity index (χ1v) is 10.2. The molecular formula is C17H24N2O4S. The van der Waals surface area contributed by atoms with E-state index in [1.165, 1.54) is 0 Å². The van der Waals surface area contributed by atoms with Crippen LogP contribution in [0.5, 0.6) is 0 Å². The van der Waals surface area contributed by atoms with E-state index in [0.717, 1.165) is 18.4 Å². The molecule has 1 atom stereocenters. The van der Waals surface area contributed by atoms with Crippen LogP contribution < -0.4 is 5.32 Å².